The van der Waals surface area contributed by atoms with E-state index >= 15 is 0 Å². The van der Waals surface area contributed by atoms with E-state index in [1.54, 1.807) is 18.2 Å². The van der Waals surface area contributed by atoms with Crippen molar-refractivity contribution in [3.63, 3.8) is 0 Å². The van der Waals surface area contributed by atoms with Gasteiger partial charge in [0.1, 0.15) is 11.0 Å². The maximum absolute atomic E-state index is 13.1. The molecule has 0 saturated carbocycles. The van der Waals surface area contributed by atoms with Crippen molar-refractivity contribution in [2.24, 2.45) is 0 Å². The molecule has 12 heteroatoms. The highest BCUT2D eigenvalue weighted by atomic mass is 32.2. The minimum absolute atomic E-state index is 0.0278. The molecule has 0 radical (unpaired) electrons. The minimum atomic E-state index is -5.05. The van der Waals surface area contributed by atoms with Crippen LogP contribution in [0.3, 0.4) is 0 Å². The Bertz CT molecular complexity index is 1250. The smallest absolute Gasteiger partial charge is 0.416 e. The van der Waals surface area contributed by atoms with Crippen LogP contribution < -0.4 is 4.72 Å². The first-order chi connectivity index (χ1) is 15.0. The Morgan fingerprint density at radius 1 is 0.875 bits per heavy atom. The third-order valence-corrected chi connectivity index (χ3v) is 5.37. The van der Waals surface area contributed by atoms with Gasteiger partial charge in [0.2, 0.25) is 5.89 Å². The summed E-state index contributed by atoms with van der Waals surface area (Å²) in [4.78, 5) is 7.54. The van der Waals surface area contributed by atoms with Gasteiger partial charge in [-0.15, -0.1) is 0 Å². The first-order valence-corrected chi connectivity index (χ1v) is 9.96. The highest BCUT2D eigenvalue weighted by Gasteiger charge is 2.37. The van der Waals surface area contributed by atoms with Crippen molar-refractivity contribution >= 4 is 27.9 Å². The fourth-order valence-corrected chi connectivity index (χ4v) is 3.80. The second-order valence-electron chi connectivity index (χ2n) is 6.50. The lowest BCUT2D eigenvalue weighted by Crippen LogP contribution is -2.14. The van der Waals surface area contributed by atoms with Gasteiger partial charge in [0.15, 0.2) is 11.2 Å². The van der Waals surface area contributed by atoms with Gasteiger partial charge in [0.05, 0.1) is 27.3 Å². The Kier molecular flexibility index (Phi) is 5.41. The van der Waals surface area contributed by atoms with Crippen LogP contribution in [0.1, 0.15) is 11.1 Å². The van der Waals surface area contributed by atoms with Crippen molar-refractivity contribution in [3.8, 4) is 11.5 Å². The molecule has 1 N–H and O–H groups in total. The molecule has 4 aromatic rings. The number of fused-ring (bicyclic) bond motifs is 1. The first-order valence-electron chi connectivity index (χ1n) is 8.81. The van der Waals surface area contributed by atoms with E-state index in [-0.39, 0.29) is 17.6 Å². The van der Waals surface area contributed by atoms with Crippen LogP contribution in [0, 0.1) is 0 Å². The molecule has 2 aromatic heterocycles. The lowest BCUT2D eigenvalue weighted by atomic mass is 10.1. The number of hydrogen-bond acceptors (Lipinski definition) is 4. The summed E-state index contributed by atoms with van der Waals surface area (Å²) in [6.07, 6.45) is -8.60. The van der Waals surface area contributed by atoms with E-state index < -0.39 is 39.4 Å². The zero-order valence-electron chi connectivity index (χ0n) is 15.7. The molecule has 166 valence electrons. The van der Waals surface area contributed by atoms with Crippen molar-refractivity contribution in [2.45, 2.75) is 17.2 Å². The van der Waals surface area contributed by atoms with E-state index in [4.69, 9.17) is 4.42 Å². The van der Waals surface area contributed by atoms with Crippen LogP contribution in [-0.4, -0.2) is 14.2 Å². The number of oxazole rings is 1. The second-order valence-corrected chi connectivity index (χ2v) is 7.72. The number of halogens is 6. The van der Waals surface area contributed by atoms with Gasteiger partial charge in [-0.05, 0) is 42.5 Å². The summed E-state index contributed by atoms with van der Waals surface area (Å²) in [5.74, 6) is 0.0822. The molecule has 1 unspecified atom stereocenters. The van der Waals surface area contributed by atoms with E-state index in [9.17, 15) is 30.6 Å². The molecular weight excluding hydrogens is 460 g/mol. The maximum atomic E-state index is 13.1. The van der Waals surface area contributed by atoms with Gasteiger partial charge < -0.3 is 9.14 Å². The zero-order chi connectivity index (χ0) is 23.1. The lowest BCUT2D eigenvalue weighted by molar-refractivity contribution is -0.143. The van der Waals surface area contributed by atoms with E-state index in [1.165, 1.54) is 24.4 Å². The van der Waals surface area contributed by atoms with Crippen molar-refractivity contribution in [1.82, 2.24) is 9.97 Å². The number of nitrogens with zero attached hydrogens (tertiary/aromatic N) is 2. The van der Waals surface area contributed by atoms with Gasteiger partial charge in [-0.1, -0.05) is 12.1 Å². The summed E-state index contributed by atoms with van der Waals surface area (Å²) in [7, 11) is -2.46. The fourth-order valence-electron chi connectivity index (χ4n) is 2.84. The number of rotatable bonds is 4. The molecule has 2 heterocycles. The molecule has 0 bridgehead atoms. The fraction of sp³-hybridized carbons (Fsp3) is 0.100. The number of hydrogen-bond donors (Lipinski definition) is 1. The highest BCUT2D eigenvalue weighted by Crippen LogP contribution is 2.37. The Hall–Kier alpha value is -3.41. The lowest BCUT2D eigenvalue weighted by Gasteiger charge is -2.15. The molecule has 0 aliphatic carbocycles. The standard InChI is InChI=1S/C20H11F6N3O2S/c21-19(22,23)11-8-12(20(24,25)26)10-13(9-11)32(30)29-15-5-2-1-4-14(15)18-28-17-16(31-18)6-3-7-27-17/h1-10,29H. The van der Waals surface area contributed by atoms with E-state index in [2.05, 4.69) is 14.7 Å². The Labute approximate surface area is 178 Å². The summed E-state index contributed by atoms with van der Waals surface area (Å²) in [6.45, 7) is 0. The number of benzene rings is 2. The molecule has 2 aromatic carbocycles. The predicted molar refractivity (Wildman–Crippen MR) is 104 cm³/mol. The van der Waals surface area contributed by atoms with Crippen molar-refractivity contribution in [3.05, 3.63) is 71.9 Å². The van der Waals surface area contributed by atoms with Gasteiger partial charge in [-0.3, -0.25) is 0 Å². The van der Waals surface area contributed by atoms with Crippen molar-refractivity contribution in [1.29, 1.82) is 0 Å². The van der Waals surface area contributed by atoms with Crippen LogP contribution in [0.25, 0.3) is 22.7 Å². The summed E-state index contributed by atoms with van der Waals surface area (Å²) in [6, 6.07) is 10.2. The number of pyridine rings is 1. The van der Waals surface area contributed by atoms with Gasteiger partial charge in [-0.25, -0.2) is 9.19 Å². The molecule has 0 aliphatic heterocycles. The second kappa shape index (κ2) is 7.93. The summed E-state index contributed by atoms with van der Waals surface area (Å²) in [5.41, 5.74) is -2.03. The van der Waals surface area contributed by atoms with Gasteiger partial charge in [-0.2, -0.15) is 31.3 Å². The van der Waals surface area contributed by atoms with E-state index in [1.807, 2.05) is 0 Å². The van der Waals surface area contributed by atoms with Crippen LogP contribution in [0.5, 0.6) is 0 Å². The first kappa shape index (κ1) is 21.8. The number of aromatic nitrogens is 2. The molecule has 0 aliphatic rings. The SMILES string of the molecule is O=S(Nc1ccccc1-c1nc2ncccc2o1)c1cc(C(F)(F)F)cc(C(F)(F)F)c1. The number of alkyl halides is 6. The number of para-hydroxylation sites is 1. The van der Waals surface area contributed by atoms with Crippen LogP contribution in [-0.2, 0) is 23.3 Å². The van der Waals surface area contributed by atoms with Crippen LogP contribution in [0.4, 0.5) is 32.0 Å². The normalized spacial score (nSPS) is 13.3. The average Bonchev–Trinajstić information content (AvgIpc) is 3.16. The number of nitrogens with one attached hydrogen (secondary N) is 1. The summed E-state index contributed by atoms with van der Waals surface area (Å²) in [5, 5.41) is 0. The largest absolute Gasteiger partial charge is 0.434 e. The Morgan fingerprint density at radius 3 is 2.16 bits per heavy atom. The third-order valence-electron chi connectivity index (χ3n) is 4.30. The molecule has 1 atom stereocenters. The molecule has 0 spiro atoms. The van der Waals surface area contributed by atoms with E-state index in [0.717, 1.165) is 0 Å². The van der Waals surface area contributed by atoms with Gasteiger partial charge in [0, 0.05) is 6.20 Å². The quantitative estimate of drug-likeness (QED) is 0.368. The molecule has 0 amide bonds. The van der Waals surface area contributed by atoms with Crippen LogP contribution in [0.15, 0.2) is 70.1 Å². The van der Waals surface area contributed by atoms with Crippen molar-refractivity contribution < 1.29 is 35.0 Å². The Morgan fingerprint density at radius 2 is 1.53 bits per heavy atom. The van der Waals surface area contributed by atoms with Crippen LogP contribution >= 0.6 is 0 Å². The molecule has 5 nitrogen and oxygen atoms in total. The van der Waals surface area contributed by atoms with Crippen LogP contribution in [0.2, 0.25) is 0 Å². The molecule has 0 saturated heterocycles. The topological polar surface area (TPSA) is 68.0 Å². The number of anilines is 1. The average molecular weight is 471 g/mol. The van der Waals surface area contributed by atoms with Crippen molar-refractivity contribution in [2.75, 3.05) is 4.72 Å². The zero-order valence-corrected chi connectivity index (χ0v) is 16.5. The summed E-state index contributed by atoms with van der Waals surface area (Å²) < 4.78 is 99.4. The maximum Gasteiger partial charge on any atom is 0.416 e. The molecule has 4 rings (SSSR count). The minimum Gasteiger partial charge on any atom is -0.434 e. The monoisotopic (exact) mass is 471 g/mol. The van der Waals surface area contributed by atoms with Gasteiger partial charge in [0.25, 0.3) is 0 Å². The Balaban J connectivity index is 1.72. The predicted octanol–water partition coefficient (Wildman–Crippen LogP) is 6.06. The van der Waals surface area contributed by atoms with E-state index in [0.29, 0.717) is 28.9 Å². The third kappa shape index (κ3) is 4.44. The molecule has 0 fully saturated rings. The highest BCUT2D eigenvalue weighted by molar-refractivity contribution is 7.86. The summed E-state index contributed by atoms with van der Waals surface area (Å²) >= 11 is 0. The molecular formula is C20H11F6N3O2S. The van der Waals surface area contributed by atoms with Gasteiger partial charge >= 0.3 is 12.4 Å². The molecule has 32 heavy (non-hydrogen) atoms.